The molecule has 3 aliphatic heterocycles. The van der Waals surface area contributed by atoms with Gasteiger partial charge in [-0.3, -0.25) is 9.59 Å². The van der Waals surface area contributed by atoms with E-state index in [9.17, 15) is 9.59 Å². The summed E-state index contributed by atoms with van der Waals surface area (Å²) in [5.41, 5.74) is 6.58. The van der Waals surface area contributed by atoms with E-state index in [0.717, 1.165) is 98.5 Å². The monoisotopic (exact) mass is 632 g/mol. The minimum Gasteiger partial charge on any atom is -0.371 e. The number of anilines is 2. The van der Waals surface area contributed by atoms with Gasteiger partial charge in [0.15, 0.2) is 0 Å². The molecule has 2 fully saturated rings. The fourth-order valence-corrected chi connectivity index (χ4v) is 7.88. The van der Waals surface area contributed by atoms with Gasteiger partial charge in [-0.2, -0.15) is 0 Å². The standard InChI is InChI=1S/C39H48N6O2/c1-5-26(2)36-38(46)41-33-13-12-31(44-21-15-28(16-22-44)23-27-9-7-6-8-10-27)25-32(33)37-40-34-24-29(11-14-35(34)45(36)37)39(47)43(4)30-17-19-42(3)20-18-30/h6-14,24-26,28,30,36H,5,15-23H2,1-4H3,(H,41,46). The van der Waals surface area contributed by atoms with Gasteiger partial charge in [0.05, 0.1) is 16.7 Å². The number of nitrogens with zero attached hydrogens (tertiary/aromatic N) is 5. The van der Waals surface area contributed by atoms with Crippen molar-refractivity contribution in [3.8, 4) is 11.4 Å². The second-order valence-corrected chi connectivity index (χ2v) is 14.1. The van der Waals surface area contributed by atoms with Gasteiger partial charge in [-0.25, -0.2) is 4.98 Å². The minimum atomic E-state index is -0.409. The summed E-state index contributed by atoms with van der Waals surface area (Å²) >= 11 is 0. The zero-order valence-electron chi connectivity index (χ0n) is 28.3. The van der Waals surface area contributed by atoms with Gasteiger partial charge < -0.3 is 24.6 Å². The maximum Gasteiger partial charge on any atom is 0.253 e. The molecule has 2 unspecified atom stereocenters. The smallest absolute Gasteiger partial charge is 0.253 e. The Morgan fingerprint density at radius 2 is 1.72 bits per heavy atom. The number of benzene rings is 3. The van der Waals surface area contributed by atoms with Gasteiger partial charge in [0, 0.05) is 43.0 Å². The maximum atomic E-state index is 13.9. The quantitative estimate of drug-likeness (QED) is 0.241. The number of amides is 2. The van der Waals surface area contributed by atoms with Gasteiger partial charge in [0.2, 0.25) is 5.91 Å². The summed E-state index contributed by atoms with van der Waals surface area (Å²) in [4.78, 5) is 39.5. The normalized spacial score (nSPS) is 20.0. The Bertz CT molecular complexity index is 1750. The fraction of sp³-hybridized carbons (Fsp3) is 0.462. The summed E-state index contributed by atoms with van der Waals surface area (Å²) in [6.45, 7) is 8.28. The van der Waals surface area contributed by atoms with Gasteiger partial charge >= 0.3 is 0 Å². The molecule has 8 nitrogen and oxygen atoms in total. The van der Waals surface area contributed by atoms with Crippen molar-refractivity contribution in [1.29, 1.82) is 0 Å². The highest BCUT2D eigenvalue weighted by molar-refractivity contribution is 6.03. The molecule has 4 heterocycles. The number of carbonyl (C=O) groups is 2. The first-order valence-corrected chi connectivity index (χ1v) is 17.5. The number of carbonyl (C=O) groups excluding carboxylic acids is 2. The van der Waals surface area contributed by atoms with Crippen LogP contribution in [-0.4, -0.2) is 77.5 Å². The topological polar surface area (TPSA) is 73.7 Å². The van der Waals surface area contributed by atoms with Gasteiger partial charge in [-0.1, -0.05) is 50.6 Å². The number of rotatable bonds is 7. The van der Waals surface area contributed by atoms with Crippen LogP contribution in [0.25, 0.3) is 22.4 Å². The molecule has 1 aromatic heterocycles. The zero-order chi connectivity index (χ0) is 32.7. The van der Waals surface area contributed by atoms with Crippen molar-refractivity contribution in [3.63, 3.8) is 0 Å². The lowest BCUT2D eigenvalue weighted by atomic mass is 9.90. The molecule has 4 aromatic rings. The molecule has 2 atom stereocenters. The molecule has 2 saturated heterocycles. The average molecular weight is 633 g/mol. The Labute approximate surface area is 278 Å². The van der Waals surface area contributed by atoms with Crippen LogP contribution >= 0.6 is 0 Å². The van der Waals surface area contributed by atoms with Crippen LogP contribution in [-0.2, 0) is 11.2 Å². The summed E-state index contributed by atoms with van der Waals surface area (Å²) in [7, 11) is 4.06. The van der Waals surface area contributed by atoms with Crippen molar-refractivity contribution >= 4 is 34.2 Å². The number of aromatic nitrogens is 2. The molecule has 3 aliphatic rings. The number of nitrogens with one attached hydrogen (secondary N) is 1. The van der Waals surface area contributed by atoms with E-state index in [1.165, 1.54) is 5.56 Å². The lowest BCUT2D eigenvalue weighted by molar-refractivity contribution is -0.120. The molecular formula is C39H48N6O2. The summed E-state index contributed by atoms with van der Waals surface area (Å²) < 4.78 is 2.13. The number of hydrogen-bond donors (Lipinski definition) is 1. The lowest BCUT2D eigenvalue weighted by Gasteiger charge is -2.35. The largest absolute Gasteiger partial charge is 0.371 e. The zero-order valence-corrected chi connectivity index (χ0v) is 28.3. The molecule has 0 saturated carbocycles. The third-order valence-electron chi connectivity index (χ3n) is 11.1. The molecule has 3 aromatic carbocycles. The van der Waals surface area contributed by atoms with E-state index in [-0.39, 0.29) is 23.8 Å². The van der Waals surface area contributed by atoms with E-state index in [1.807, 2.05) is 36.2 Å². The van der Waals surface area contributed by atoms with Crippen LogP contribution < -0.4 is 10.2 Å². The predicted molar refractivity (Wildman–Crippen MR) is 190 cm³/mol. The van der Waals surface area contributed by atoms with Crippen molar-refractivity contribution in [2.24, 2.45) is 11.8 Å². The Hall–Kier alpha value is -4.17. The van der Waals surface area contributed by atoms with Crippen LogP contribution in [0.5, 0.6) is 0 Å². The number of imidazole rings is 1. The Morgan fingerprint density at radius 3 is 2.45 bits per heavy atom. The summed E-state index contributed by atoms with van der Waals surface area (Å²) in [5, 5.41) is 3.25. The molecule has 2 amide bonds. The molecule has 47 heavy (non-hydrogen) atoms. The van der Waals surface area contributed by atoms with Crippen molar-refractivity contribution in [1.82, 2.24) is 19.4 Å². The molecule has 8 heteroatoms. The van der Waals surface area contributed by atoms with Gasteiger partial charge in [-0.05, 0) is 106 Å². The maximum absolute atomic E-state index is 13.9. The molecular weight excluding hydrogens is 584 g/mol. The predicted octanol–water partition coefficient (Wildman–Crippen LogP) is 6.87. The van der Waals surface area contributed by atoms with Gasteiger partial charge in [-0.15, -0.1) is 0 Å². The second-order valence-electron chi connectivity index (χ2n) is 14.1. The molecule has 7 rings (SSSR count). The first kappa shape index (κ1) is 31.4. The van der Waals surface area contributed by atoms with Crippen LogP contribution in [0.15, 0.2) is 66.7 Å². The number of likely N-dealkylation sites (tertiary alicyclic amines) is 1. The molecule has 1 N–H and O–H groups in total. The highest BCUT2D eigenvalue weighted by atomic mass is 16.2. The van der Waals surface area contributed by atoms with E-state index in [4.69, 9.17) is 4.98 Å². The van der Waals surface area contributed by atoms with E-state index < -0.39 is 6.04 Å². The first-order chi connectivity index (χ1) is 22.8. The van der Waals surface area contributed by atoms with E-state index >= 15 is 0 Å². The summed E-state index contributed by atoms with van der Waals surface area (Å²) in [6, 6.07) is 22.9. The molecule has 0 aliphatic carbocycles. The average Bonchev–Trinajstić information content (AvgIpc) is 3.41. The first-order valence-electron chi connectivity index (χ1n) is 17.5. The molecule has 0 bridgehead atoms. The van der Waals surface area contributed by atoms with E-state index in [1.54, 1.807) is 0 Å². The minimum absolute atomic E-state index is 0.0183. The van der Waals surface area contributed by atoms with Crippen LogP contribution in [0.1, 0.15) is 67.9 Å². The summed E-state index contributed by atoms with van der Waals surface area (Å²) in [6.07, 6.45) is 6.25. The van der Waals surface area contributed by atoms with Gasteiger partial charge in [0.25, 0.3) is 5.91 Å². The van der Waals surface area contributed by atoms with Crippen LogP contribution in [0.4, 0.5) is 11.4 Å². The van der Waals surface area contributed by atoms with Crippen LogP contribution in [0.3, 0.4) is 0 Å². The third kappa shape index (κ3) is 6.16. The molecule has 0 radical (unpaired) electrons. The highest BCUT2D eigenvalue weighted by Crippen LogP contribution is 2.41. The molecule has 246 valence electrons. The van der Waals surface area contributed by atoms with E-state index in [2.05, 4.69) is 83.0 Å². The fourth-order valence-electron chi connectivity index (χ4n) is 7.88. The second kappa shape index (κ2) is 13.1. The highest BCUT2D eigenvalue weighted by Gasteiger charge is 2.35. The SMILES string of the molecule is CCC(C)C1C(=O)Nc2ccc(N3CCC(Cc4ccccc4)CC3)cc2-c2nc3cc(C(=O)N(C)C4CCN(C)CC4)ccc3n21. The molecule has 0 spiro atoms. The van der Waals surface area contributed by atoms with Crippen LogP contribution in [0, 0.1) is 11.8 Å². The van der Waals surface area contributed by atoms with Crippen molar-refractivity contribution in [2.75, 3.05) is 50.5 Å². The van der Waals surface area contributed by atoms with Gasteiger partial charge in [0.1, 0.15) is 11.9 Å². The Morgan fingerprint density at radius 1 is 0.979 bits per heavy atom. The Balaban J connectivity index is 1.21. The lowest BCUT2D eigenvalue weighted by Crippen LogP contribution is -2.44. The number of hydrogen-bond acceptors (Lipinski definition) is 5. The van der Waals surface area contributed by atoms with Crippen molar-refractivity contribution in [2.45, 2.75) is 64.5 Å². The third-order valence-corrected chi connectivity index (χ3v) is 11.1. The Kier molecular flexibility index (Phi) is 8.79. The van der Waals surface area contributed by atoms with Crippen molar-refractivity contribution in [3.05, 3.63) is 77.9 Å². The number of fused-ring (bicyclic) bond motifs is 5. The van der Waals surface area contributed by atoms with Crippen LogP contribution in [0.2, 0.25) is 0 Å². The number of piperidine rings is 2. The van der Waals surface area contributed by atoms with E-state index in [0.29, 0.717) is 11.5 Å². The van der Waals surface area contributed by atoms with Crippen molar-refractivity contribution < 1.29 is 9.59 Å². The summed E-state index contributed by atoms with van der Waals surface area (Å²) in [5.74, 6) is 1.58.